The lowest BCUT2D eigenvalue weighted by Gasteiger charge is -2.18. The Morgan fingerprint density at radius 3 is 2.32 bits per heavy atom. The number of hydrogen-bond donors (Lipinski definition) is 1. The number of carbonyl (C=O) groups excluding carboxylic acids is 1. The van der Waals surface area contributed by atoms with Gasteiger partial charge >= 0.3 is 5.97 Å². The van der Waals surface area contributed by atoms with Crippen LogP contribution in [0.25, 0.3) is 0 Å². The first kappa shape index (κ1) is 18.4. The summed E-state index contributed by atoms with van der Waals surface area (Å²) in [6.07, 6.45) is 0.459. The molecule has 1 rings (SSSR count). The number of hydrogen-bond acceptors (Lipinski definition) is 5. The highest BCUT2D eigenvalue weighted by Gasteiger charge is 2.25. The molecule has 1 aromatic rings. The van der Waals surface area contributed by atoms with Gasteiger partial charge in [0, 0.05) is 6.04 Å². The van der Waals surface area contributed by atoms with Crippen molar-refractivity contribution in [3.63, 3.8) is 0 Å². The van der Waals surface area contributed by atoms with Gasteiger partial charge in [-0.1, -0.05) is 6.92 Å². The molecule has 22 heavy (non-hydrogen) atoms. The highest BCUT2D eigenvalue weighted by molar-refractivity contribution is 7.89. The first-order valence-electron chi connectivity index (χ1n) is 6.99. The Bertz CT molecular complexity index is 640. The lowest BCUT2D eigenvalue weighted by molar-refractivity contribution is -0.141. The maximum Gasteiger partial charge on any atom is 0.307 e. The topological polar surface area (TPSA) is 81.7 Å². The molecule has 1 N–H and O–H groups in total. The second-order valence-corrected chi connectivity index (χ2v) is 6.78. The van der Waals surface area contributed by atoms with Gasteiger partial charge in [0.05, 0.1) is 20.6 Å². The summed E-state index contributed by atoms with van der Waals surface area (Å²) in [5.41, 5.74) is 1.79. The summed E-state index contributed by atoms with van der Waals surface area (Å²) in [6.45, 7) is 5.51. The van der Waals surface area contributed by atoms with Crippen LogP contribution in [0.5, 0.6) is 5.75 Å². The molecule has 7 heteroatoms. The first-order chi connectivity index (χ1) is 10.2. The Labute approximate surface area is 131 Å². The molecular formula is C15H23NO5S. The van der Waals surface area contributed by atoms with E-state index in [4.69, 9.17) is 4.74 Å². The molecule has 0 saturated heterocycles. The van der Waals surface area contributed by atoms with E-state index in [-0.39, 0.29) is 17.1 Å². The zero-order chi connectivity index (χ0) is 16.9. The minimum absolute atomic E-state index is 0.0145. The summed E-state index contributed by atoms with van der Waals surface area (Å²) in [4.78, 5) is 11.4. The predicted octanol–water partition coefficient (Wildman–Crippen LogP) is 1.93. The zero-order valence-electron chi connectivity index (χ0n) is 13.6. The van der Waals surface area contributed by atoms with Crippen LogP contribution in [0.1, 0.15) is 30.9 Å². The Morgan fingerprint density at radius 1 is 1.23 bits per heavy atom. The molecule has 0 bridgehead atoms. The fraction of sp³-hybridized carbons (Fsp3) is 0.533. The quantitative estimate of drug-likeness (QED) is 0.773. The highest BCUT2D eigenvalue weighted by atomic mass is 32.2. The maximum absolute atomic E-state index is 12.6. The van der Waals surface area contributed by atoms with Crippen LogP contribution in [0.3, 0.4) is 0 Å². The molecular weight excluding hydrogens is 306 g/mol. The van der Waals surface area contributed by atoms with Crippen LogP contribution in [-0.4, -0.2) is 34.6 Å². The molecule has 0 spiro atoms. The van der Waals surface area contributed by atoms with E-state index < -0.39 is 22.0 Å². The monoisotopic (exact) mass is 329 g/mol. The second kappa shape index (κ2) is 7.60. The van der Waals surface area contributed by atoms with Crippen molar-refractivity contribution in [2.24, 2.45) is 0 Å². The third-order valence-electron chi connectivity index (χ3n) is 3.52. The summed E-state index contributed by atoms with van der Waals surface area (Å²) < 4.78 is 37.4. The van der Waals surface area contributed by atoms with Crippen LogP contribution in [0, 0.1) is 13.8 Å². The lowest BCUT2D eigenvalue weighted by atomic mass is 10.1. The van der Waals surface area contributed by atoms with Gasteiger partial charge in [-0.05, 0) is 43.5 Å². The van der Waals surface area contributed by atoms with E-state index in [1.165, 1.54) is 14.2 Å². The summed E-state index contributed by atoms with van der Waals surface area (Å²) in [7, 11) is -1.09. The predicted molar refractivity (Wildman–Crippen MR) is 83.5 cm³/mol. The van der Waals surface area contributed by atoms with Crippen LogP contribution in [0.15, 0.2) is 17.0 Å². The van der Waals surface area contributed by atoms with Gasteiger partial charge in [0.2, 0.25) is 10.0 Å². The standard InChI is InChI=1S/C15H23NO5S/c1-6-12(9-15(17)21-5)16-22(18,19)14-8-11(3)10(2)7-13(14)20-4/h7-8,12,16H,6,9H2,1-5H3. The molecule has 1 aromatic carbocycles. The minimum Gasteiger partial charge on any atom is -0.495 e. The molecule has 0 aliphatic carbocycles. The van der Waals surface area contributed by atoms with Crippen molar-refractivity contribution in [2.75, 3.05) is 14.2 Å². The molecule has 0 aliphatic rings. The van der Waals surface area contributed by atoms with Crippen molar-refractivity contribution in [2.45, 2.75) is 44.6 Å². The summed E-state index contributed by atoms with van der Waals surface area (Å²) >= 11 is 0. The van der Waals surface area contributed by atoms with E-state index in [1.807, 2.05) is 13.8 Å². The van der Waals surface area contributed by atoms with Crippen molar-refractivity contribution in [1.82, 2.24) is 4.72 Å². The lowest BCUT2D eigenvalue weighted by Crippen LogP contribution is -2.36. The second-order valence-electron chi connectivity index (χ2n) is 5.09. The Morgan fingerprint density at radius 2 is 1.82 bits per heavy atom. The van der Waals surface area contributed by atoms with Gasteiger partial charge in [-0.15, -0.1) is 0 Å². The molecule has 124 valence electrons. The molecule has 6 nitrogen and oxygen atoms in total. The van der Waals surface area contributed by atoms with Crippen molar-refractivity contribution in [1.29, 1.82) is 0 Å². The van der Waals surface area contributed by atoms with E-state index in [0.717, 1.165) is 11.1 Å². The number of carbonyl (C=O) groups is 1. The van der Waals surface area contributed by atoms with Gasteiger partial charge < -0.3 is 9.47 Å². The number of benzene rings is 1. The van der Waals surface area contributed by atoms with Gasteiger partial charge in [-0.2, -0.15) is 0 Å². The van der Waals surface area contributed by atoms with Crippen LogP contribution >= 0.6 is 0 Å². The van der Waals surface area contributed by atoms with Gasteiger partial charge in [-0.3, -0.25) is 4.79 Å². The van der Waals surface area contributed by atoms with Crippen LogP contribution in [0.2, 0.25) is 0 Å². The van der Waals surface area contributed by atoms with E-state index >= 15 is 0 Å². The molecule has 0 radical (unpaired) electrons. The highest BCUT2D eigenvalue weighted by Crippen LogP contribution is 2.27. The molecule has 0 heterocycles. The van der Waals surface area contributed by atoms with Crippen LogP contribution in [-0.2, 0) is 19.6 Å². The fourth-order valence-electron chi connectivity index (χ4n) is 1.97. The number of rotatable bonds is 7. The number of sulfonamides is 1. The van der Waals surface area contributed by atoms with Crippen LogP contribution < -0.4 is 9.46 Å². The van der Waals surface area contributed by atoms with Crippen molar-refractivity contribution in [3.8, 4) is 5.75 Å². The average Bonchev–Trinajstić information content (AvgIpc) is 2.48. The number of ether oxygens (including phenoxy) is 2. The normalized spacial score (nSPS) is 12.8. The molecule has 1 atom stereocenters. The number of esters is 1. The van der Waals surface area contributed by atoms with Gasteiger partial charge in [0.15, 0.2) is 0 Å². The zero-order valence-corrected chi connectivity index (χ0v) is 14.4. The Balaban J connectivity index is 3.13. The third-order valence-corrected chi connectivity index (χ3v) is 5.07. The molecule has 1 unspecified atom stereocenters. The SMILES string of the molecule is CCC(CC(=O)OC)NS(=O)(=O)c1cc(C)c(C)cc1OC. The van der Waals surface area contributed by atoms with Crippen molar-refractivity contribution < 1.29 is 22.7 Å². The molecule has 0 fully saturated rings. The van der Waals surface area contributed by atoms with E-state index in [9.17, 15) is 13.2 Å². The minimum atomic E-state index is -3.79. The van der Waals surface area contributed by atoms with Crippen LogP contribution in [0.4, 0.5) is 0 Å². The largest absolute Gasteiger partial charge is 0.495 e. The Kier molecular flexibility index (Phi) is 6.37. The summed E-state index contributed by atoms with van der Waals surface area (Å²) in [6, 6.07) is 2.73. The molecule has 0 saturated carbocycles. The van der Waals surface area contributed by atoms with Crippen molar-refractivity contribution in [3.05, 3.63) is 23.3 Å². The van der Waals surface area contributed by atoms with E-state index in [0.29, 0.717) is 6.42 Å². The molecule has 0 aromatic heterocycles. The molecule has 0 amide bonds. The number of nitrogens with one attached hydrogen (secondary N) is 1. The maximum atomic E-state index is 12.6. The Hall–Kier alpha value is -1.60. The molecule has 0 aliphatic heterocycles. The smallest absolute Gasteiger partial charge is 0.307 e. The van der Waals surface area contributed by atoms with Gasteiger partial charge in [0.25, 0.3) is 0 Å². The van der Waals surface area contributed by atoms with Crippen molar-refractivity contribution >= 4 is 16.0 Å². The summed E-state index contributed by atoms with van der Waals surface area (Å²) in [5.74, 6) is -0.176. The van der Waals surface area contributed by atoms with E-state index in [2.05, 4.69) is 9.46 Å². The average molecular weight is 329 g/mol. The van der Waals surface area contributed by atoms with Gasteiger partial charge in [0.1, 0.15) is 10.6 Å². The fourth-order valence-corrected chi connectivity index (χ4v) is 3.52. The summed E-state index contributed by atoms with van der Waals surface area (Å²) in [5, 5.41) is 0. The van der Waals surface area contributed by atoms with E-state index in [1.54, 1.807) is 19.1 Å². The number of methoxy groups -OCH3 is 2. The third kappa shape index (κ3) is 4.45. The first-order valence-corrected chi connectivity index (χ1v) is 8.47. The number of aryl methyl sites for hydroxylation is 2. The van der Waals surface area contributed by atoms with Gasteiger partial charge in [-0.25, -0.2) is 13.1 Å².